The Labute approximate surface area is 165 Å². The van der Waals surface area contributed by atoms with Gasteiger partial charge >= 0.3 is 5.97 Å². The lowest BCUT2D eigenvalue weighted by Crippen LogP contribution is -2.23. The number of methoxy groups -OCH3 is 1. The first kappa shape index (κ1) is 19.1. The van der Waals surface area contributed by atoms with Gasteiger partial charge in [0.1, 0.15) is 11.8 Å². The Kier molecular flexibility index (Phi) is 5.38. The smallest absolute Gasteiger partial charge is 0.338 e. The first-order valence-electron chi connectivity index (χ1n) is 8.14. The normalized spacial score (nSPS) is 15.5. The van der Waals surface area contributed by atoms with Crippen molar-refractivity contribution in [2.45, 2.75) is 6.92 Å². The van der Waals surface area contributed by atoms with E-state index in [-0.39, 0.29) is 22.6 Å². The van der Waals surface area contributed by atoms with E-state index < -0.39 is 11.9 Å². The molecule has 140 valence electrons. The molecule has 0 saturated heterocycles. The molecule has 0 saturated carbocycles. The van der Waals surface area contributed by atoms with Crippen LogP contribution in [0.25, 0.3) is 6.08 Å². The number of amides is 1. The molecule has 0 spiro atoms. The number of hydrazone groups is 1. The second-order valence-corrected chi connectivity index (χ2v) is 7.08. The van der Waals surface area contributed by atoms with E-state index in [9.17, 15) is 20.0 Å². The van der Waals surface area contributed by atoms with Gasteiger partial charge in [0.05, 0.1) is 23.9 Å². The average Bonchev–Trinajstić information content (AvgIpc) is 3.26. The number of aromatic hydroxyl groups is 1. The molecule has 0 radical (unpaired) electrons. The first-order valence-corrected chi connectivity index (χ1v) is 8.96. The number of rotatable bonds is 4. The quantitative estimate of drug-likeness (QED) is 0.635. The summed E-state index contributed by atoms with van der Waals surface area (Å²) in [7, 11) is 1.20. The minimum atomic E-state index is -0.747. The Bertz CT molecular complexity index is 1070. The van der Waals surface area contributed by atoms with Crippen molar-refractivity contribution in [2.75, 3.05) is 12.1 Å². The number of phenolic OH excluding ortho intramolecular Hbond substituents is 1. The van der Waals surface area contributed by atoms with Crippen LogP contribution in [0.15, 0.2) is 58.7 Å². The van der Waals surface area contributed by atoms with Crippen LogP contribution >= 0.6 is 11.3 Å². The summed E-state index contributed by atoms with van der Waals surface area (Å²) in [6.45, 7) is 1.96. The topological polar surface area (TPSA) is 103 Å². The van der Waals surface area contributed by atoms with Crippen LogP contribution < -0.4 is 5.01 Å². The monoisotopic (exact) mass is 393 g/mol. The van der Waals surface area contributed by atoms with E-state index in [4.69, 9.17) is 4.74 Å². The third-order valence-electron chi connectivity index (χ3n) is 3.89. The molecule has 1 aromatic heterocycles. The zero-order chi connectivity index (χ0) is 20.3. The van der Waals surface area contributed by atoms with Gasteiger partial charge in [-0.05, 0) is 55.5 Å². The van der Waals surface area contributed by atoms with Crippen LogP contribution in [0.3, 0.4) is 0 Å². The number of carbonyl (C=O) groups excluding carboxylic acids is 2. The molecule has 0 bridgehead atoms. The zero-order valence-corrected chi connectivity index (χ0v) is 15.9. The Morgan fingerprint density at radius 2 is 2.00 bits per heavy atom. The lowest BCUT2D eigenvalue weighted by molar-refractivity contribution is -0.136. The van der Waals surface area contributed by atoms with Crippen molar-refractivity contribution >= 4 is 40.7 Å². The summed E-state index contributed by atoms with van der Waals surface area (Å²) in [6, 6.07) is 11.4. The standard InChI is InChI=1S/C20H15N3O4S/c1-12-3-8-15(28-12)9-10-16(20(26)27-2)18-17(11-21)22-23(19(18)25)13-4-6-14(24)7-5-13/h3-10,24H,1-2H3/b10-9+,18-16-. The number of benzene rings is 1. The molecule has 1 aliphatic heterocycles. The molecule has 0 unspecified atom stereocenters. The Morgan fingerprint density at radius 3 is 2.57 bits per heavy atom. The van der Waals surface area contributed by atoms with Gasteiger partial charge in [0, 0.05) is 9.75 Å². The third-order valence-corrected chi connectivity index (χ3v) is 4.86. The van der Waals surface area contributed by atoms with E-state index in [0.717, 1.165) is 14.8 Å². The van der Waals surface area contributed by atoms with Crippen molar-refractivity contribution in [3.8, 4) is 11.8 Å². The summed E-state index contributed by atoms with van der Waals surface area (Å²) in [5, 5.41) is 23.9. The molecule has 3 rings (SSSR count). The predicted molar refractivity (Wildman–Crippen MR) is 106 cm³/mol. The van der Waals surface area contributed by atoms with Gasteiger partial charge in [-0.2, -0.15) is 15.4 Å². The maximum atomic E-state index is 12.9. The molecule has 1 aromatic carbocycles. The minimum Gasteiger partial charge on any atom is -0.508 e. The number of esters is 1. The molecule has 8 heteroatoms. The molecule has 0 atom stereocenters. The SMILES string of the molecule is COC(=O)C(/C=C/c1ccc(C)s1)=C1\C(=O)N(c2ccc(O)cc2)N=C1C#N. The first-order chi connectivity index (χ1) is 13.4. The maximum absolute atomic E-state index is 12.9. The van der Waals surface area contributed by atoms with Crippen LogP contribution in [0.1, 0.15) is 9.75 Å². The number of anilines is 1. The van der Waals surface area contributed by atoms with Gasteiger partial charge < -0.3 is 9.84 Å². The maximum Gasteiger partial charge on any atom is 0.338 e. The van der Waals surface area contributed by atoms with Gasteiger partial charge in [-0.15, -0.1) is 11.3 Å². The van der Waals surface area contributed by atoms with Crippen molar-refractivity contribution in [1.29, 1.82) is 5.26 Å². The second kappa shape index (κ2) is 7.90. The summed E-state index contributed by atoms with van der Waals surface area (Å²) in [6.07, 6.45) is 3.14. The Hall–Kier alpha value is -3.70. The summed E-state index contributed by atoms with van der Waals surface area (Å²) >= 11 is 1.52. The number of thiophene rings is 1. The number of phenols is 1. The highest BCUT2D eigenvalue weighted by atomic mass is 32.1. The van der Waals surface area contributed by atoms with Gasteiger partial charge in [-0.25, -0.2) is 4.79 Å². The largest absolute Gasteiger partial charge is 0.508 e. The highest BCUT2D eigenvalue weighted by Crippen LogP contribution is 2.28. The number of nitrogens with zero attached hydrogens (tertiary/aromatic N) is 3. The molecule has 28 heavy (non-hydrogen) atoms. The summed E-state index contributed by atoms with van der Waals surface area (Å²) < 4.78 is 4.80. The highest BCUT2D eigenvalue weighted by Gasteiger charge is 2.35. The lowest BCUT2D eigenvalue weighted by Gasteiger charge is -2.12. The second-order valence-electron chi connectivity index (χ2n) is 5.76. The van der Waals surface area contributed by atoms with Crippen molar-refractivity contribution in [1.82, 2.24) is 0 Å². The molecule has 2 heterocycles. The number of ether oxygens (including phenoxy) is 1. The Balaban J connectivity index is 2.08. The van der Waals surface area contributed by atoms with Crippen LogP contribution in [0.4, 0.5) is 5.69 Å². The van der Waals surface area contributed by atoms with E-state index >= 15 is 0 Å². The average molecular weight is 393 g/mol. The van der Waals surface area contributed by atoms with Gasteiger partial charge in [-0.1, -0.05) is 0 Å². The Morgan fingerprint density at radius 1 is 1.29 bits per heavy atom. The van der Waals surface area contributed by atoms with Gasteiger partial charge in [0.15, 0.2) is 5.71 Å². The molecule has 7 nitrogen and oxygen atoms in total. The summed E-state index contributed by atoms with van der Waals surface area (Å²) in [5.41, 5.74) is -0.0230. The van der Waals surface area contributed by atoms with Gasteiger partial charge in [0.2, 0.25) is 0 Å². The zero-order valence-electron chi connectivity index (χ0n) is 15.0. The predicted octanol–water partition coefficient (Wildman–Crippen LogP) is 3.17. The number of hydrogen-bond donors (Lipinski definition) is 1. The molecule has 0 fully saturated rings. The van der Waals surface area contributed by atoms with Gasteiger partial charge in [-0.3, -0.25) is 4.79 Å². The van der Waals surface area contributed by atoms with Crippen molar-refractivity contribution in [3.63, 3.8) is 0 Å². The van der Waals surface area contributed by atoms with E-state index in [1.54, 1.807) is 6.08 Å². The van der Waals surface area contributed by atoms with Crippen molar-refractivity contribution in [3.05, 3.63) is 63.4 Å². The summed E-state index contributed by atoms with van der Waals surface area (Å²) in [4.78, 5) is 27.2. The number of aryl methyl sites for hydroxylation is 1. The highest BCUT2D eigenvalue weighted by molar-refractivity contribution is 7.12. The van der Waals surface area contributed by atoms with Crippen LogP contribution in [-0.2, 0) is 14.3 Å². The molecule has 1 amide bonds. The molecular weight excluding hydrogens is 378 g/mol. The van der Waals surface area contributed by atoms with E-state index in [1.165, 1.54) is 48.8 Å². The molecular formula is C20H15N3O4S. The fraction of sp³-hybridized carbons (Fsp3) is 0.100. The van der Waals surface area contributed by atoms with Gasteiger partial charge in [0.25, 0.3) is 5.91 Å². The van der Waals surface area contributed by atoms with E-state index in [0.29, 0.717) is 5.69 Å². The number of nitriles is 1. The fourth-order valence-corrected chi connectivity index (χ4v) is 3.34. The molecule has 2 aromatic rings. The summed E-state index contributed by atoms with van der Waals surface area (Å²) in [5.74, 6) is -1.35. The third kappa shape index (κ3) is 3.70. The van der Waals surface area contributed by atoms with Crippen LogP contribution in [-0.4, -0.2) is 29.8 Å². The molecule has 1 aliphatic rings. The number of carbonyl (C=O) groups is 2. The number of hydrogen-bond acceptors (Lipinski definition) is 7. The lowest BCUT2D eigenvalue weighted by atomic mass is 10.0. The van der Waals surface area contributed by atoms with Crippen molar-refractivity contribution in [2.24, 2.45) is 5.10 Å². The van der Waals surface area contributed by atoms with Crippen LogP contribution in [0.2, 0.25) is 0 Å². The van der Waals surface area contributed by atoms with Crippen LogP contribution in [0, 0.1) is 18.3 Å². The minimum absolute atomic E-state index is 0.0278. The molecule has 0 aliphatic carbocycles. The van der Waals surface area contributed by atoms with Crippen molar-refractivity contribution < 1.29 is 19.4 Å². The van der Waals surface area contributed by atoms with E-state index in [2.05, 4.69) is 5.10 Å². The molecule has 1 N–H and O–H groups in total. The van der Waals surface area contributed by atoms with E-state index in [1.807, 2.05) is 25.1 Å². The fourth-order valence-electron chi connectivity index (χ4n) is 2.56. The van der Waals surface area contributed by atoms with Crippen LogP contribution in [0.5, 0.6) is 5.75 Å².